The number of carbonyl (C=O) groups is 2. The van der Waals surface area contributed by atoms with Crippen LogP contribution in [-0.2, 0) is 19.1 Å². The van der Waals surface area contributed by atoms with Gasteiger partial charge in [-0.3, -0.25) is 9.59 Å². The van der Waals surface area contributed by atoms with Crippen molar-refractivity contribution >= 4 is 11.9 Å². The molecule has 2 heterocycles. The van der Waals surface area contributed by atoms with Gasteiger partial charge < -0.3 is 9.47 Å². The Morgan fingerprint density at radius 1 is 1.26 bits per heavy atom. The highest BCUT2D eigenvalue weighted by atomic mass is 16.6. The first kappa shape index (κ1) is 12.9. The third-order valence-electron chi connectivity index (χ3n) is 5.81. The van der Waals surface area contributed by atoms with Gasteiger partial charge in [-0.25, -0.2) is 0 Å². The van der Waals surface area contributed by atoms with Crippen molar-refractivity contribution in [3.05, 3.63) is 0 Å². The quantitative estimate of drug-likeness (QED) is 0.683. The van der Waals surface area contributed by atoms with Crippen molar-refractivity contribution < 1.29 is 19.1 Å². The molecule has 3 rings (SSSR count). The molecule has 0 N–H and O–H groups in total. The van der Waals surface area contributed by atoms with Gasteiger partial charge in [-0.2, -0.15) is 0 Å². The zero-order chi connectivity index (χ0) is 14.0. The molecule has 0 amide bonds. The maximum Gasteiger partial charge on any atom is 0.313 e. The van der Waals surface area contributed by atoms with Crippen LogP contribution in [0.4, 0.5) is 0 Å². The molecule has 2 aliphatic heterocycles. The van der Waals surface area contributed by atoms with Crippen molar-refractivity contribution in [1.82, 2.24) is 0 Å². The highest BCUT2D eigenvalue weighted by Crippen LogP contribution is 2.59. The molecule has 5 atom stereocenters. The van der Waals surface area contributed by atoms with Crippen molar-refractivity contribution in [1.29, 1.82) is 0 Å². The van der Waals surface area contributed by atoms with Crippen LogP contribution in [0.1, 0.15) is 47.0 Å². The minimum atomic E-state index is -0.692. The minimum Gasteiger partial charge on any atom is -0.461 e. The Bertz CT molecular complexity index is 443. The smallest absolute Gasteiger partial charge is 0.313 e. The monoisotopic (exact) mass is 266 g/mol. The van der Waals surface area contributed by atoms with Crippen molar-refractivity contribution in [2.45, 2.75) is 58.7 Å². The molecule has 1 saturated carbocycles. The van der Waals surface area contributed by atoms with Gasteiger partial charge in [0.05, 0.1) is 12.3 Å². The lowest BCUT2D eigenvalue weighted by Gasteiger charge is -2.61. The van der Waals surface area contributed by atoms with E-state index in [2.05, 4.69) is 20.8 Å². The first-order chi connectivity index (χ1) is 8.78. The van der Waals surface area contributed by atoms with Gasteiger partial charge in [0, 0.05) is 5.41 Å². The van der Waals surface area contributed by atoms with Gasteiger partial charge in [0.15, 0.2) is 0 Å². The van der Waals surface area contributed by atoms with Crippen LogP contribution in [0, 0.1) is 23.2 Å². The van der Waals surface area contributed by atoms with E-state index >= 15 is 0 Å². The maximum absolute atomic E-state index is 12.4. The summed E-state index contributed by atoms with van der Waals surface area (Å²) < 4.78 is 11.3. The van der Waals surface area contributed by atoms with Crippen LogP contribution < -0.4 is 0 Å². The van der Waals surface area contributed by atoms with Crippen LogP contribution in [0.15, 0.2) is 0 Å². The molecule has 4 nitrogen and oxygen atoms in total. The molecule has 0 aromatic rings. The predicted molar refractivity (Wildman–Crippen MR) is 68.2 cm³/mol. The first-order valence-corrected chi connectivity index (χ1v) is 7.21. The molecule has 0 unspecified atom stereocenters. The molecule has 0 radical (unpaired) electrons. The second-order valence-corrected chi connectivity index (χ2v) is 7.13. The maximum atomic E-state index is 12.4. The lowest BCUT2D eigenvalue weighted by molar-refractivity contribution is -0.274. The second kappa shape index (κ2) is 3.74. The fraction of sp³-hybridized carbons (Fsp3) is 0.867. The fourth-order valence-electron chi connectivity index (χ4n) is 4.33. The molecule has 0 spiro atoms. The average Bonchev–Trinajstić information content (AvgIpc) is 2.27. The molecule has 4 bridgehead atoms. The largest absolute Gasteiger partial charge is 0.461 e. The Hall–Kier alpha value is -1.06. The zero-order valence-corrected chi connectivity index (χ0v) is 12.1. The van der Waals surface area contributed by atoms with Gasteiger partial charge in [-0.15, -0.1) is 0 Å². The Balaban J connectivity index is 2.07. The second-order valence-electron chi connectivity index (χ2n) is 7.13. The number of carbonyl (C=O) groups excluding carboxylic acids is 2. The van der Waals surface area contributed by atoms with E-state index in [4.69, 9.17) is 9.47 Å². The Morgan fingerprint density at radius 2 is 1.95 bits per heavy atom. The van der Waals surface area contributed by atoms with E-state index in [1.165, 1.54) is 0 Å². The predicted octanol–water partition coefficient (Wildman–Crippen LogP) is 2.31. The zero-order valence-electron chi connectivity index (χ0n) is 12.1. The van der Waals surface area contributed by atoms with E-state index in [1.807, 2.05) is 6.92 Å². The molecule has 3 aliphatic rings. The van der Waals surface area contributed by atoms with Gasteiger partial charge in [-0.05, 0) is 31.6 Å². The summed E-state index contributed by atoms with van der Waals surface area (Å²) in [6, 6.07) is 0. The molecule has 4 heteroatoms. The molecule has 0 aromatic carbocycles. The van der Waals surface area contributed by atoms with Crippen molar-refractivity contribution in [3.63, 3.8) is 0 Å². The summed E-state index contributed by atoms with van der Waals surface area (Å²) in [5, 5.41) is 0. The summed E-state index contributed by atoms with van der Waals surface area (Å²) in [5.74, 6) is -0.0352. The third kappa shape index (κ3) is 1.52. The van der Waals surface area contributed by atoms with Crippen molar-refractivity contribution in [2.24, 2.45) is 23.2 Å². The highest BCUT2D eigenvalue weighted by Gasteiger charge is 2.68. The summed E-state index contributed by atoms with van der Waals surface area (Å²) in [7, 11) is 0. The van der Waals surface area contributed by atoms with Crippen LogP contribution in [-0.4, -0.2) is 23.6 Å². The fourth-order valence-corrected chi connectivity index (χ4v) is 4.33. The van der Waals surface area contributed by atoms with E-state index in [9.17, 15) is 9.59 Å². The number of ether oxygens (including phenoxy) is 2. The van der Waals surface area contributed by atoms with Gasteiger partial charge in [0.2, 0.25) is 0 Å². The van der Waals surface area contributed by atoms with Gasteiger partial charge in [0.1, 0.15) is 11.7 Å². The Morgan fingerprint density at radius 3 is 2.58 bits per heavy atom. The SMILES string of the molecule is CC(C)[C@@H]1CC[C@@]2(C)[C@@H]3OC(=O)C[C@@]2(C)OC(=O)[C@@H]31. The highest BCUT2D eigenvalue weighted by molar-refractivity contribution is 5.81. The van der Waals surface area contributed by atoms with E-state index < -0.39 is 5.60 Å². The van der Waals surface area contributed by atoms with Gasteiger partial charge in [-0.1, -0.05) is 20.8 Å². The van der Waals surface area contributed by atoms with Gasteiger partial charge >= 0.3 is 11.9 Å². The van der Waals surface area contributed by atoms with Crippen LogP contribution >= 0.6 is 0 Å². The molecular formula is C15H22O4. The van der Waals surface area contributed by atoms with Crippen LogP contribution in [0.3, 0.4) is 0 Å². The molecule has 19 heavy (non-hydrogen) atoms. The summed E-state index contributed by atoms with van der Waals surface area (Å²) in [4.78, 5) is 24.2. The van der Waals surface area contributed by atoms with Crippen LogP contribution in [0.2, 0.25) is 0 Å². The molecule has 0 aromatic heterocycles. The molecule has 3 fully saturated rings. The topological polar surface area (TPSA) is 52.6 Å². The number of hydrogen-bond donors (Lipinski definition) is 0. The van der Waals surface area contributed by atoms with Crippen LogP contribution in [0.25, 0.3) is 0 Å². The number of esters is 2. The van der Waals surface area contributed by atoms with E-state index in [0.717, 1.165) is 12.8 Å². The number of rotatable bonds is 1. The van der Waals surface area contributed by atoms with E-state index in [1.54, 1.807) is 0 Å². The molecule has 2 saturated heterocycles. The number of hydrogen-bond acceptors (Lipinski definition) is 4. The summed E-state index contributed by atoms with van der Waals surface area (Å²) >= 11 is 0. The lowest BCUT2D eigenvalue weighted by Crippen LogP contribution is -2.70. The Kier molecular flexibility index (Phi) is 2.55. The Labute approximate surface area is 113 Å². The summed E-state index contributed by atoms with van der Waals surface area (Å²) in [5.41, 5.74) is -0.923. The van der Waals surface area contributed by atoms with Crippen molar-refractivity contribution in [3.8, 4) is 0 Å². The average molecular weight is 266 g/mol. The third-order valence-corrected chi connectivity index (χ3v) is 5.81. The molecule has 106 valence electrons. The van der Waals surface area contributed by atoms with E-state index in [0.29, 0.717) is 5.92 Å². The van der Waals surface area contributed by atoms with E-state index in [-0.39, 0.29) is 41.7 Å². The standard InChI is InChI=1S/C15H22O4/c1-8(2)9-5-6-14(3)12-11(9)13(17)19-15(14,4)7-10(16)18-12/h8-9,11-12H,5-7H2,1-4H3/t9-,11+,12+,14-,15+/m0/s1. The van der Waals surface area contributed by atoms with Gasteiger partial charge in [0.25, 0.3) is 0 Å². The molecule has 1 aliphatic carbocycles. The normalized spacial score (nSPS) is 48.8. The summed E-state index contributed by atoms with van der Waals surface area (Å²) in [6.07, 6.45) is 1.84. The summed E-state index contributed by atoms with van der Waals surface area (Å²) in [6.45, 7) is 8.25. The molecular weight excluding hydrogens is 244 g/mol. The minimum absolute atomic E-state index is 0.170. The first-order valence-electron chi connectivity index (χ1n) is 7.21. The van der Waals surface area contributed by atoms with Crippen LogP contribution in [0.5, 0.6) is 0 Å². The lowest BCUT2D eigenvalue weighted by atomic mass is 9.52. The van der Waals surface area contributed by atoms with Crippen molar-refractivity contribution in [2.75, 3.05) is 0 Å².